The lowest BCUT2D eigenvalue weighted by molar-refractivity contribution is -0.118. The largest absolute Gasteiger partial charge is 0.340 e. The molecule has 9 heteroatoms. The van der Waals surface area contributed by atoms with Gasteiger partial charge in [0.2, 0.25) is 15.9 Å². The number of sulfonamides is 1. The Morgan fingerprint density at radius 3 is 2.28 bits per heavy atom. The molecule has 0 bridgehead atoms. The van der Waals surface area contributed by atoms with E-state index in [9.17, 15) is 18.0 Å². The molecule has 2 N–H and O–H groups in total. The summed E-state index contributed by atoms with van der Waals surface area (Å²) >= 11 is 6.12. The van der Waals surface area contributed by atoms with Gasteiger partial charge in [-0.15, -0.1) is 0 Å². The lowest BCUT2D eigenvalue weighted by Gasteiger charge is -2.23. The average Bonchev–Trinajstić information content (AvgIpc) is 2.75. The Kier molecular flexibility index (Phi) is 8.83. The van der Waals surface area contributed by atoms with Crippen LogP contribution < -0.4 is 10.6 Å². The molecule has 1 atom stereocenters. The first-order chi connectivity index (χ1) is 15.0. The fourth-order valence-corrected chi connectivity index (χ4v) is 4.90. The van der Waals surface area contributed by atoms with Crippen LogP contribution in [0.15, 0.2) is 47.4 Å². The molecule has 0 saturated heterocycles. The maximum atomic E-state index is 12.9. The number of halogens is 1. The summed E-state index contributed by atoms with van der Waals surface area (Å²) in [6.07, 6.45) is 0. The minimum absolute atomic E-state index is 0.0361. The van der Waals surface area contributed by atoms with Crippen molar-refractivity contribution in [3.8, 4) is 0 Å². The van der Waals surface area contributed by atoms with Crippen LogP contribution >= 0.6 is 11.6 Å². The van der Waals surface area contributed by atoms with Gasteiger partial charge in [-0.1, -0.05) is 51.4 Å². The molecule has 0 aromatic heterocycles. The Bertz CT molecular complexity index is 1080. The van der Waals surface area contributed by atoms with Crippen molar-refractivity contribution >= 4 is 39.1 Å². The van der Waals surface area contributed by atoms with Crippen molar-refractivity contribution in [1.29, 1.82) is 0 Å². The number of hydrogen-bond donors (Lipinski definition) is 2. The molecule has 2 aromatic rings. The van der Waals surface area contributed by atoms with Gasteiger partial charge in [-0.3, -0.25) is 9.59 Å². The molecule has 2 aromatic carbocycles. The van der Waals surface area contributed by atoms with Gasteiger partial charge in [-0.05, 0) is 48.7 Å². The van der Waals surface area contributed by atoms with Gasteiger partial charge in [0, 0.05) is 29.4 Å². The maximum absolute atomic E-state index is 12.9. The monoisotopic (exact) mass is 479 g/mol. The van der Waals surface area contributed by atoms with Crippen LogP contribution in [0, 0.1) is 12.8 Å². The summed E-state index contributed by atoms with van der Waals surface area (Å²) in [7, 11) is -3.71. The summed E-state index contributed by atoms with van der Waals surface area (Å²) in [5.74, 6) is -1.12. The van der Waals surface area contributed by atoms with E-state index < -0.39 is 22.0 Å². The SMILES string of the molecule is CCN(CC)S(=O)(=O)c1cccc(C(=O)NC(C(=O)Nc2cccc(Cl)c2C)C(C)C)c1. The zero-order valence-electron chi connectivity index (χ0n) is 19.0. The van der Waals surface area contributed by atoms with Crippen LogP contribution in [0.2, 0.25) is 5.02 Å². The molecule has 2 amide bonds. The zero-order valence-corrected chi connectivity index (χ0v) is 20.5. The van der Waals surface area contributed by atoms with Crippen molar-refractivity contribution in [2.24, 2.45) is 5.92 Å². The van der Waals surface area contributed by atoms with Gasteiger partial charge in [-0.25, -0.2) is 8.42 Å². The Labute approximate surface area is 195 Å². The van der Waals surface area contributed by atoms with Crippen LogP contribution in [0.1, 0.15) is 43.6 Å². The molecule has 0 aliphatic heterocycles. The highest BCUT2D eigenvalue weighted by Gasteiger charge is 2.27. The number of carbonyl (C=O) groups excluding carboxylic acids is 2. The topological polar surface area (TPSA) is 95.6 Å². The fraction of sp³-hybridized carbons (Fsp3) is 0.391. The molecule has 0 aliphatic carbocycles. The molecule has 32 heavy (non-hydrogen) atoms. The Morgan fingerprint density at radius 2 is 1.69 bits per heavy atom. The summed E-state index contributed by atoms with van der Waals surface area (Å²) in [4.78, 5) is 25.8. The molecule has 0 saturated carbocycles. The highest BCUT2D eigenvalue weighted by molar-refractivity contribution is 7.89. The third-order valence-electron chi connectivity index (χ3n) is 5.20. The number of amides is 2. The molecule has 0 fully saturated rings. The van der Waals surface area contributed by atoms with Crippen LogP contribution in [-0.2, 0) is 14.8 Å². The lowest BCUT2D eigenvalue weighted by atomic mass is 10.0. The van der Waals surface area contributed by atoms with E-state index in [1.807, 2.05) is 13.8 Å². The molecular formula is C23H30ClN3O4S. The highest BCUT2D eigenvalue weighted by Crippen LogP contribution is 2.23. The van der Waals surface area contributed by atoms with Gasteiger partial charge in [0.25, 0.3) is 5.91 Å². The standard InChI is InChI=1S/C23H30ClN3O4S/c1-6-27(7-2)32(30,31)18-11-8-10-17(14-18)22(28)26-21(15(3)4)23(29)25-20-13-9-12-19(24)16(20)5/h8-15,21H,6-7H2,1-5H3,(H,25,29)(H,26,28). The van der Waals surface area contributed by atoms with E-state index in [4.69, 9.17) is 11.6 Å². The van der Waals surface area contributed by atoms with Gasteiger partial charge >= 0.3 is 0 Å². The molecule has 7 nitrogen and oxygen atoms in total. The number of hydrogen-bond acceptors (Lipinski definition) is 4. The van der Waals surface area contributed by atoms with Crippen LogP contribution in [0.4, 0.5) is 5.69 Å². The lowest BCUT2D eigenvalue weighted by Crippen LogP contribution is -2.47. The molecule has 174 valence electrons. The highest BCUT2D eigenvalue weighted by atomic mass is 35.5. The molecule has 2 rings (SSSR count). The quantitative estimate of drug-likeness (QED) is 0.566. The summed E-state index contributed by atoms with van der Waals surface area (Å²) < 4.78 is 26.9. The molecule has 1 unspecified atom stereocenters. The minimum atomic E-state index is -3.71. The number of nitrogens with zero attached hydrogens (tertiary/aromatic N) is 1. The second kappa shape index (κ2) is 10.9. The Morgan fingerprint density at radius 1 is 1.06 bits per heavy atom. The van der Waals surface area contributed by atoms with Crippen LogP contribution in [0.5, 0.6) is 0 Å². The molecule has 0 heterocycles. The van der Waals surface area contributed by atoms with Gasteiger partial charge in [0.05, 0.1) is 4.90 Å². The number of nitrogens with one attached hydrogen (secondary N) is 2. The average molecular weight is 480 g/mol. The summed E-state index contributed by atoms with van der Waals surface area (Å²) in [6.45, 7) is 9.59. The molecular weight excluding hydrogens is 450 g/mol. The smallest absolute Gasteiger partial charge is 0.251 e. The number of carbonyl (C=O) groups is 2. The van der Waals surface area contributed by atoms with Crippen molar-refractivity contribution in [2.75, 3.05) is 18.4 Å². The summed E-state index contributed by atoms with van der Waals surface area (Å²) in [6, 6.07) is 10.2. The predicted molar refractivity (Wildman–Crippen MR) is 127 cm³/mol. The van der Waals surface area contributed by atoms with Crippen molar-refractivity contribution < 1.29 is 18.0 Å². The van der Waals surface area contributed by atoms with Gasteiger partial charge < -0.3 is 10.6 Å². The van der Waals surface area contributed by atoms with E-state index in [1.54, 1.807) is 39.0 Å². The van der Waals surface area contributed by atoms with E-state index >= 15 is 0 Å². The van der Waals surface area contributed by atoms with Crippen LogP contribution in [-0.4, -0.2) is 43.7 Å². The van der Waals surface area contributed by atoms with Crippen LogP contribution in [0.25, 0.3) is 0 Å². The van der Waals surface area contributed by atoms with E-state index in [2.05, 4.69) is 10.6 Å². The summed E-state index contributed by atoms with van der Waals surface area (Å²) in [5.41, 5.74) is 1.45. The van der Waals surface area contributed by atoms with Crippen LogP contribution in [0.3, 0.4) is 0 Å². The predicted octanol–water partition coefficient (Wildman–Crippen LogP) is 4.07. The number of anilines is 1. The first kappa shape index (κ1) is 25.8. The van der Waals surface area contributed by atoms with E-state index in [0.717, 1.165) is 5.56 Å². The van der Waals surface area contributed by atoms with Crippen molar-refractivity contribution in [2.45, 2.75) is 45.6 Å². The van der Waals surface area contributed by atoms with E-state index in [-0.39, 0.29) is 22.3 Å². The Balaban J connectivity index is 2.25. The third-order valence-corrected chi connectivity index (χ3v) is 7.66. The second-order valence-electron chi connectivity index (χ2n) is 7.71. The summed E-state index contributed by atoms with van der Waals surface area (Å²) in [5, 5.41) is 6.07. The minimum Gasteiger partial charge on any atom is -0.340 e. The normalized spacial score (nSPS) is 12.6. The van der Waals surface area contributed by atoms with Crippen molar-refractivity contribution in [3.05, 3.63) is 58.6 Å². The van der Waals surface area contributed by atoms with Gasteiger partial charge in [0.15, 0.2) is 0 Å². The number of rotatable bonds is 9. The molecule has 0 radical (unpaired) electrons. The van der Waals surface area contributed by atoms with Gasteiger partial charge in [-0.2, -0.15) is 4.31 Å². The second-order valence-corrected chi connectivity index (χ2v) is 10.1. The fourth-order valence-electron chi connectivity index (χ4n) is 3.22. The first-order valence-corrected chi connectivity index (χ1v) is 12.3. The molecule has 0 aliphatic rings. The molecule has 0 spiro atoms. The zero-order chi connectivity index (χ0) is 24.1. The maximum Gasteiger partial charge on any atom is 0.251 e. The van der Waals surface area contributed by atoms with Crippen molar-refractivity contribution in [1.82, 2.24) is 9.62 Å². The van der Waals surface area contributed by atoms with E-state index in [1.165, 1.54) is 28.6 Å². The number of benzene rings is 2. The van der Waals surface area contributed by atoms with Gasteiger partial charge in [0.1, 0.15) is 6.04 Å². The Hall–Kier alpha value is -2.42. The van der Waals surface area contributed by atoms with E-state index in [0.29, 0.717) is 23.8 Å². The van der Waals surface area contributed by atoms with Crippen molar-refractivity contribution in [3.63, 3.8) is 0 Å². The first-order valence-electron chi connectivity index (χ1n) is 10.5. The third kappa shape index (κ3) is 5.88.